The smallest absolute Gasteiger partial charge is 0.202 e. The molecule has 0 amide bonds. The molecule has 1 unspecified atom stereocenters. The fourth-order valence-electron chi connectivity index (χ4n) is 1.59. The molecular formula is C13H17FN4S. The molecule has 0 aliphatic rings. The first-order valence-corrected chi connectivity index (χ1v) is 6.97. The maximum absolute atomic E-state index is 12.8. The van der Waals surface area contributed by atoms with E-state index in [9.17, 15) is 4.39 Å². The van der Waals surface area contributed by atoms with Gasteiger partial charge in [0, 0.05) is 30.5 Å². The van der Waals surface area contributed by atoms with Crippen LogP contribution in [0, 0.1) is 5.82 Å². The van der Waals surface area contributed by atoms with Gasteiger partial charge in [-0.2, -0.15) is 4.37 Å². The summed E-state index contributed by atoms with van der Waals surface area (Å²) in [6.45, 7) is 2.77. The summed E-state index contributed by atoms with van der Waals surface area (Å²) in [6, 6.07) is 6.57. The van der Waals surface area contributed by atoms with E-state index in [1.807, 2.05) is 6.92 Å². The maximum Gasteiger partial charge on any atom is 0.202 e. The molecule has 2 rings (SSSR count). The predicted molar refractivity (Wildman–Crippen MR) is 75.9 cm³/mol. The zero-order valence-electron chi connectivity index (χ0n) is 10.8. The van der Waals surface area contributed by atoms with E-state index in [0.29, 0.717) is 6.42 Å². The lowest BCUT2D eigenvalue weighted by Crippen LogP contribution is -2.19. The van der Waals surface area contributed by atoms with Gasteiger partial charge in [0.05, 0.1) is 0 Å². The Morgan fingerprint density at radius 2 is 2.11 bits per heavy atom. The first kappa shape index (κ1) is 13.9. The van der Waals surface area contributed by atoms with Crippen LogP contribution in [0.15, 0.2) is 24.3 Å². The third kappa shape index (κ3) is 4.57. The van der Waals surface area contributed by atoms with Gasteiger partial charge in [-0.3, -0.25) is 0 Å². The molecule has 0 aliphatic heterocycles. The van der Waals surface area contributed by atoms with Crippen molar-refractivity contribution >= 4 is 16.7 Å². The van der Waals surface area contributed by atoms with Crippen molar-refractivity contribution in [1.82, 2.24) is 9.36 Å². The number of rotatable bonds is 6. The van der Waals surface area contributed by atoms with Gasteiger partial charge in [-0.05, 0) is 31.0 Å². The Morgan fingerprint density at radius 3 is 2.79 bits per heavy atom. The van der Waals surface area contributed by atoms with Crippen molar-refractivity contribution in [1.29, 1.82) is 0 Å². The molecule has 1 aromatic heterocycles. The third-order valence-electron chi connectivity index (χ3n) is 2.62. The molecule has 1 aromatic carbocycles. The number of nitrogens with two attached hydrogens (primary N) is 1. The Balaban J connectivity index is 1.88. The van der Waals surface area contributed by atoms with Crippen molar-refractivity contribution in [2.75, 3.05) is 11.9 Å². The van der Waals surface area contributed by atoms with Crippen molar-refractivity contribution in [2.24, 2.45) is 5.73 Å². The Hall–Kier alpha value is -1.53. The lowest BCUT2D eigenvalue weighted by Gasteiger charge is -2.04. The van der Waals surface area contributed by atoms with E-state index in [2.05, 4.69) is 14.7 Å². The predicted octanol–water partition coefficient (Wildman–Crippen LogP) is 2.42. The Bertz CT molecular complexity index is 510. The molecule has 6 heteroatoms. The number of nitrogens with zero attached hydrogens (tertiary/aromatic N) is 2. The van der Waals surface area contributed by atoms with Crippen molar-refractivity contribution in [2.45, 2.75) is 25.8 Å². The van der Waals surface area contributed by atoms with Crippen LogP contribution in [0.5, 0.6) is 0 Å². The van der Waals surface area contributed by atoms with Crippen LogP contribution in [0.4, 0.5) is 9.52 Å². The van der Waals surface area contributed by atoms with Gasteiger partial charge in [-0.25, -0.2) is 9.37 Å². The van der Waals surface area contributed by atoms with Gasteiger partial charge in [0.2, 0.25) is 5.13 Å². The van der Waals surface area contributed by atoms with Crippen LogP contribution in [0.3, 0.4) is 0 Å². The van der Waals surface area contributed by atoms with E-state index in [1.54, 1.807) is 12.1 Å². The van der Waals surface area contributed by atoms with Gasteiger partial charge in [0.25, 0.3) is 0 Å². The summed E-state index contributed by atoms with van der Waals surface area (Å²) in [6.07, 6.45) is 1.51. The van der Waals surface area contributed by atoms with Crippen molar-refractivity contribution in [3.05, 3.63) is 41.5 Å². The average Bonchev–Trinajstić information content (AvgIpc) is 2.79. The van der Waals surface area contributed by atoms with E-state index in [1.165, 1.54) is 23.7 Å². The molecule has 1 heterocycles. The second-order valence-corrected chi connectivity index (χ2v) is 5.26. The normalized spacial score (nSPS) is 12.4. The second-order valence-electron chi connectivity index (χ2n) is 4.51. The van der Waals surface area contributed by atoms with Crippen LogP contribution in [0.1, 0.15) is 24.7 Å². The Morgan fingerprint density at radius 1 is 1.37 bits per heavy atom. The third-order valence-corrected chi connectivity index (χ3v) is 3.33. The summed E-state index contributed by atoms with van der Waals surface area (Å²) < 4.78 is 17.1. The largest absolute Gasteiger partial charge is 0.360 e. The molecule has 3 N–H and O–H groups in total. The zero-order valence-corrected chi connectivity index (χ0v) is 11.6. The first-order valence-electron chi connectivity index (χ1n) is 6.20. The summed E-state index contributed by atoms with van der Waals surface area (Å²) in [4.78, 5) is 4.39. The van der Waals surface area contributed by atoms with Crippen LogP contribution in [-0.4, -0.2) is 21.9 Å². The highest BCUT2D eigenvalue weighted by Gasteiger charge is 2.05. The fourth-order valence-corrected chi connectivity index (χ4v) is 2.20. The molecule has 19 heavy (non-hydrogen) atoms. The van der Waals surface area contributed by atoms with Gasteiger partial charge in [-0.15, -0.1) is 0 Å². The fraction of sp³-hybridized carbons (Fsp3) is 0.385. The molecular weight excluding hydrogens is 263 g/mol. The van der Waals surface area contributed by atoms with Gasteiger partial charge in [0.1, 0.15) is 11.6 Å². The molecule has 0 radical (unpaired) electrons. The topological polar surface area (TPSA) is 63.8 Å². The van der Waals surface area contributed by atoms with Crippen LogP contribution >= 0.6 is 11.5 Å². The van der Waals surface area contributed by atoms with Gasteiger partial charge >= 0.3 is 0 Å². The number of hydrogen-bond donors (Lipinski definition) is 2. The quantitative estimate of drug-likeness (QED) is 0.853. The van der Waals surface area contributed by atoms with Crippen molar-refractivity contribution < 1.29 is 4.39 Å². The SMILES string of the molecule is CC(N)CCNc1nc(Cc2ccc(F)cc2)ns1. The standard InChI is InChI=1S/C13H17FN4S/c1-9(15)6-7-16-13-17-12(18-19-13)8-10-2-4-11(14)5-3-10/h2-5,9H,6-8,15H2,1H3,(H,16,17,18). The summed E-state index contributed by atoms with van der Waals surface area (Å²) in [5.74, 6) is 0.521. The summed E-state index contributed by atoms with van der Waals surface area (Å²) in [7, 11) is 0. The van der Waals surface area contributed by atoms with Gasteiger partial charge in [0.15, 0.2) is 0 Å². The number of nitrogens with one attached hydrogen (secondary N) is 1. The van der Waals surface area contributed by atoms with E-state index in [0.717, 1.165) is 29.5 Å². The minimum absolute atomic E-state index is 0.180. The summed E-state index contributed by atoms with van der Waals surface area (Å²) in [5.41, 5.74) is 6.67. The zero-order chi connectivity index (χ0) is 13.7. The molecule has 4 nitrogen and oxygen atoms in total. The number of hydrogen-bond acceptors (Lipinski definition) is 5. The molecule has 0 fully saturated rings. The lowest BCUT2D eigenvalue weighted by molar-refractivity contribution is 0.627. The van der Waals surface area contributed by atoms with E-state index < -0.39 is 0 Å². The number of aromatic nitrogens is 2. The molecule has 0 spiro atoms. The highest BCUT2D eigenvalue weighted by atomic mass is 32.1. The average molecular weight is 280 g/mol. The second kappa shape index (κ2) is 6.58. The minimum Gasteiger partial charge on any atom is -0.360 e. The van der Waals surface area contributed by atoms with Crippen LogP contribution in [-0.2, 0) is 6.42 Å². The van der Waals surface area contributed by atoms with E-state index >= 15 is 0 Å². The molecule has 0 bridgehead atoms. The Kier molecular flexibility index (Phi) is 4.81. The number of anilines is 1. The summed E-state index contributed by atoms with van der Waals surface area (Å²) in [5, 5.41) is 4.00. The van der Waals surface area contributed by atoms with Crippen LogP contribution in [0.2, 0.25) is 0 Å². The van der Waals surface area contributed by atoms with E-state index in [4.69, 9.17) is 5.73 Å². The monoisotopic (exact) mass is 280 g/mol. The van der Waals surface area contributed by atoms with Gasteiger partial charge in [-0.1, -0.05) is 12.1 Å². The van der Waals surface area contributed by atoms with Crippen LogP contribution < -0.4 is 11.1 Å². The first-order chi connectivity index (χ1) is 9.13. The molecule has 1 atom stereocenters. The van der Waals surface area contributed by atoms with Gasteiger partial charge < -0.3 is 11.1 Å². The van der Waals surface area contributed by atoms with Crippen LogP contribution in [0.25, 0.3) is 0 Å². The highest BCUT2D eigenvalue weighted by Crippen LogP contribution is 2.14. The molecule has 0 aliphatic carbocycles. The Labute approximate surface area is 116 Å². The molecule has 2 aromatic rings. The molecule has 0 saturated heterocycles. The highest BCUT2D eigenvalue weighted by molar-refractivity contribution is 7.09. The van der Waals surface area contributed by atoms with Crippen molar-refractivity contribution in [3.8, 4) is 0 Å². The minimum atomic E-state index is -0.228. The lowest BCUT2D eigenvalue weighted by atomic mass is 10.1. The number of halogens is 1. The van der Waals surface area contributed by atoms with Crippen molar-refractivity contribution in [3.63, 3.8) is 0 Å². The maximum atomic E-state index is 12.8. The molecule has 102 valence electrons. The molecule has 0 saturated carbocycles. The number of benzene rings is 1. The van der Waals surface area contributed by atoms with E-state index in [-0.39, 0.29) is 11.9 Å². The summed E-state index contributed by atoms with van der Waals surface area (Å²) >= 11 is 1.34.